The molecule has 156 valence electrons. The molecule has 3 aromatic rings. The van der Waals surface area contributed by atoms with E-state index in [0.29, 0.717) is 46.1 Å². The van der Waals surface area contributed by atoms with Gasteiger partial charge in [-0.05, 0) is 47.0 Å². The van der Waals surface area contributed by atoms with Gasteiger partial charge in [0.2, 0.25) is 5.89 Å². The second kappa shape index (κ2) is 7.68. The Kier molecular flexibility index (Phi) is 5.00. The second-order valence-corrected chi connectivity index (χ2v) is 8.47. The first kappa shape index (κ1) is 19.5. The number of ether oxygens (including phenoxy) is 1. The van der Waals surface area contributed by atoms with Gasteiger partial charge in [-0.3, -0.25) is 4.79 Å². The van der Waals surface area contributed by atoms with Gasteiger partial charge in [-0.15, -0.1) is 0 Å². The van der Waals surface area contributed by atoms with Crippen LogP contribution in [0.2, 0.25) is 5.02 Å². The van der Waals surface area contributed by atoms with E-state index in [4.69, 9.17) is 20.9 Å². The number of amides is 1. The van der Waals surface area contributed by atoms with Crippen molar-refractivity contribution in [2.45, 2.75) is 31.9 Å². The van der Waals surface area contributed by atoms with Crippen LogP contribution in [-0.4, -0.2) is 43.9 Å². The molecule has 9 nitrogen and oxygen atoms in total. The Morgan fingerprint density at radius 1 is 1.30 bits per heavy atom. The van der Waals surface area contributed by atoms with Crippen molar-refractivity contribution >= 4 is 33.4 Å². The van der Waals surface area contributed by atoms with Crippen LogP contribution < -0.4 is 5.43 Å². The van der Waals surface area contributed by atoms with E-state index >= 15 is 0 Å². The predicted octanol–water partition coefficient (Wildman–Crippen LogP) is 3.39. The zero-order chi connectivity index (χ0) is 20.8. The number of fused-ring (bicyclic) bond motifs is 1. The Morgan fingerprint density at radius 3 is 2.90 bits per heavy atom. The molecule has 0 spiro atoms. The fourth-order valence-corrected chi connectivity index (χ4v) is 4.47. The van der Waals surface area contributed by atoms with Crippen molar-refractivity contribution in [3.63, 3.8) is 0 Å². The standard InChI is InChI=1S/C19H18BrClN6O3/c1-10-16-18(28)26(9-22-27(16)19(20)23-10)7-15-24-17(25-30-15)12-6-14(29-8-12)11-2-4-13(21)5-3-11/h2-5,12,14,22H,6-9H2,1H3/t12-,14+/m0/s1. The number of aromatic nitrogens is 4. The number of halogens is 2. The maximum Gasteiger partial charge on any atom is 0.276 e. The van der Waals surface area contributed by atoms with Gasteiger partial charge in [0.1, 0.15) is 13.2 Å². The number of carbonyl (C=O) groups is 1. The fraction of sp³-hybridized carbons (Fsp3) is 0.368. The first-order chi connectivity index (χ1) is 14.5. The van der Waals surface area contributed by atoms with Crippen molar-refractivity contribution < 1.29 is 14.1 Å². The first-order valence-electron chi connectivity index (χ1n) is 9.47. The van der Waals surface area contributed by atoms with Crippen molar-refractivity contribution in [3.8, 4) is 0 Å². The number of nitrogens with zero attached hydrogens (tertiary/aromatic N) is 5. The smallest absolute Gasteiger partial charge is 0.276 e. The van der Waals surface area contributed by atoms with Crippen LogP contribution in [0.1, 0.15) is 51.9 Å². The third-order valence-electron chi connectivity index (χ3n) is 5.33. The Bertz CT molecular complexity index is 1100. The highest BCUT2D eigenvalue weighted by Gasteiger charge is 2.33. The summed E-state index contributed by atoms with van der Waals surface area (Å²) in [7, 11) is 0. The summed E-state index contributed by atoms with van der Waals surface area (Å²) in [6.45, 7) is 2.84. The lowest BCUT2D eigenvalue weighted by molar-refractivity contribution is 0.0695. The number of hydrogen-bond acceptors (Lipinski definition) is 7. The molecule has 2 aliphatic heterocycles. The molecule has 5 rings (SSSR count). The van der Waals surface area contributed by atoms with Crippen LogP contribution in [0, 0.1) is 6.92 Å². The van der Waals surface area contributed by atoms with E-state index in [1.807, 2.05) is 24.3 Å². The van der Waals surface area contributed by atoms with Crippen LogP contribution in [0.15, 0.2) is 33.5 Å². The molecule has 2 aliphatic rings. The summed E-state index contributed by atoms with van der Waals surface area (Å²) in [6.07, 6.45) is 0.737. The molecule has 1 N–H and O–H groups in total. The summed E-state index contributed by atoms with van der Waals surface area (Å²) in [5.74, 6) is 0.886. The quantitative estimate of drug-likeness (QED) is 0.595. The van der Waals surface area contributed by atoms with E-state index in [0.717, 1.165) is 12.0 Å². The van der Waals surface area contributed by atoms with Gasteiger partial charge in [0, 0.05) is 10.9 Å². The van der Waals surface area contributed by atoms with Crippen molar-refractivity contribution in [2.75, 3.05) is 18.7 Å². The van der Waals surface area contributed by atoms with Crippen LogP contribution in [0.5, 0.6) is 0 Å². The highest BCUT2D eigenvalue weighted by molar-refractivity contribution is 9.10. The van der Waals surface area contributed by atoms with Gasteiger partial charge in [-0.2, -0.15) is 4.98 Å². The van der Waals surface area contributed by atoms with Gasteiger partial charge in [0.25, 0.3) is 5.91 Å². The van der Waals surface area contributed by atoms with Gasteiger partial charge >= 0.3 is 0 Å². The van der Waals surface area contributed by atoms with Crippen molar-refractivity contribution in [3.05, 3.63) is 62.7 Å². The first-order valence-corrected chi connectivity index (χ1v) is 10.6. The average Bonchev–Trinajstić information content (AvgIpc) is 3.44. The summed E-state index contributed by atoms with van der Waals surface area (Å²) >= 11 is 9.30. The molecule has 30 heavy (non-hydrogen) atoms. The molecule has 1 saturated heterocycles. The molecule has 0 aliphatic carbocycles. The number of hydrogen-bond donors (Lipinski definition) is 1. The largest absolute Gasteiger partial charge is 0.373 e. The summed E-state index contributed by atoms with van der Waals surface area (Å²) < 4.78 is 13.6. The van der Waals surface area contributed by atoms with Crippen LogP contribution in [0.3, 0.4) is 0 Å². The zero-order valence-electron chi connectivity index (χ0n) is 16.0. The zero-order valence-corrected chi connectivity index (χ0v) is 18.4. The monoisotopic (exact) mass is 492 g/mol. The highest BCUT2D eigenvalue weighted by Crippen LogP contribution is 2.37. The van der Waals surface area contributed by atoms with Gasteiger partial charge in [0.15, 0.2) is 16.3 Å². The van der Waals surface area contributed by atoms with Crippen molar-refractivity contribution in [1.82, 2.24) is 24.7 Å². The molecule has 11 heteroatoms. The van der Waals surface area contributed by atoms with Gasteiger partial charge in [-0.25, -0.2) is 9.66 Å². The maximum absolute atomic E-state index is 12.8. The molecule has 1 aromatic carbocycles. The molecule has 2 aromatic heterocycles. The fourth-order valence-electron chi connectivity index (χ4n) is 3.77. The lowest BCUT2D eigenvalue weighted by atomic mass is 10.0. The van der Waals surface area contributed by atoms with E-state index in [-0.39, 0.29) is 24.5 Å². The average molecular weight is 494 g/mol. The normalized spacial score (nSPS) is 21.0. The third kappa shape index (κ3) is 3.48. The van der Waals surface area contributed by atoms with E-state index in [1.54, 1.807) is 16.5 Å². The predicted molar refractivity (Wildman–Crippen MR) is 111 cm³/mol. The third-order valence-corrected chi connectivity index (χ3v) is 6.12. The number of carbonyl (C=O) groups excluding carboxylic acids is 1. The molecule has 0 bridgehead atoms. The highest BCUT2D eigenvalue weighted by atomic mass is 79.9. The lowest BCUT2D eigenvalue weighted by Crippen LogP contribution is -2.45. The van der Waals surface area contributed by atoms with Crippen LogP contribution in [-0.2, 0) is 11.3 Å². The molecule has 1 amide bonds. The molecule has 0 radical (unpaired) electrons. The summed E-state index contributed by atoms with van der Waals surface area (Å²) in [5.41, 5.74) is 5.35. The van der Waals surface area contributed by atoms with Crippen LogP contribution in [0.4, 0.5) is 0 Å². The Balaban J connectivity index is 1.26. The SMILES string of the molecule is Cc1nc(Br)n2c1C(=O)N(Cc1nc([C@@H]3CO[C@@H](c4ccc(Cl)cc4)C3)no1)CN2. The minimum atomic E-state index is -0.142. The molecular weight excluding hydrogens is 476 g/mol. The van der Waals surface area contributed by atoms with E-state index in [9.17, 15) is 4.79 Å². The molecule has 0 unspecified atom stereocenters. The topological polar surface area (TPSA) is 98.3 Å². The Hall–Kier alpha value is -2.43. The van der Waals surface area contributed by atoms with Crippen LogP contribution in [0.25, 0.3) is 0 Å². The van der Waals surface area contributed by atoms with Gasteiger partial charge in [-0.1, -0.05) is 28.9 Å². The minimum Gasteiger partial charge on any atom is -0.373 e. The molecule has 2 atom stereocenters. The second-order valence-electron chi connectivity index (χ2n) is 7.32. The van der Waals surface area contributed by atoms with E-state index in [1.165, 1.54) is 0 Å². The van der Waals surface area contributed by atoms with Crippen LogP contribution >= 0.6 is 27.5 Å². The van der Waals surface area contributed by atoms with Crippen molar-refractivity contribution in [2.24, 2.45) is 0 Å². The van der Waals surface area contributed by atoms with E-state index < -0.39 is 0 Å². The summed E-state index contributed by atoms with van der Waals surface area (Å²) in [4.78, 5) is 23.2. The Labute approximate surface area is 185 Å². The minimum absolute atomic E-state index is 0.0243. The number of nitrogens with one attached hydrogen (secondary N) is 1. The number of rotatable bonds is 4. The molecule has 4 heterocycles. The Morgan fingerprint density at radius 2 is 2.10 bits per heavy atom. The molecule has 1 fully saturated rings. The maximum atomic E-state index is 12.8. The number of benzene rings is 1. The lowest BCUT2D eigenvalue weighted by Gasteiger charge is -2.28. The molecular formula is C19H18BrClN6O3. The van der Waals surface area contributed by atoms with Gasteiger partial charge in [0.05, 0.1) is 18.4 Å². The molecule has 0 saturated carbocycles. The summed E-state index contributed by atoms with van der Waals surface area (Å²) in [6, 6.07) is 7.65. The van der Waals surface area contributed by atoms with E-state index in [2.05, 4.69) is 36.5 Å². The number of imidazole rings is 1. The van der Waals surface area contributed by atoms with Crippen molar-refractivity contribution in [1.29, 1.82) is 0 Å². The van der Waals surface area contributed by atoms with Gasteiger partial charge < -0.3 is 19.6 Å². The summed E-state index contributed by atoms with van der Waals surface area (Å²) in [5, 5.41) is 4.82. The number of aryl methyl sites for hydroxylation is 1.